The molecule has 0 unspecified atom stereocenters. The van der Waals surface area contributed by atoms with Crippen molar-refractivity contribution in [2.24, 2.45) is 4.99 Å². The molecule has 1 aromatic rings. The van der Waals surface area contributed by atoms with Gasteiger partial charge in [0, 0.05) is 31.7 Å². The Kier molecular flexibility index (Phi) is 11.1. The van der Waals surface area contributed by atoms with E-state index in [9.17, 15) is 4.39 Å². The smallest absolute Gasteiger partial charge is 0.191 e. The van der Waals surface area contributed by atoms with E-state index in [2.05, 4.69) is 34.4 Å². The number of morpholine rings is 1. The number of nitrogens with zero attached hydrogens (tertiary/aromatic N) is 2. The number of nitrogens with one attached hydrogen (secondary N) is 2. The summed E-state index contributed by atoms with van der Waals surface area (Å²) in [5.74, 6) is 0.659. The van der Waals surface area contributed by atoms with Crippen LogP contribution in [0.3, 0.4) is 0 Å². The monoisotopic (exact) mass is 508 g/mol. The lowest BCUT2D eigenvalue weighted by Crippen LogP contribution is -2.56. The Hall–Kier alpha value is -1.13. The van der Waals surface area contributed by atoms with Crippen molar-refractivity contribution in [3.8, 4) is 5.75 Å². The Labute approximate surface area is 185 Å². The molecule has 0 aliphatic carbocycles. The summed E-state index contributed by atoms with van der Waals surface area (Å²) in [7, 11) is 0. The third kappa shape index (κ3) is 7.71. The highest BCUT2D eigenvalue weighted by molar-refractivity contribution is 14.0. The molecular formula is C20H34FIN4O2. The lowest BCUT2D eigenvalue weighted by molar-refractivity contribution is -0.00834. The second-order valence-corrected chi connectivity index (χ2v) is 7.16. The van der Waals surface area contributed by atoms with E-state index in [1.165, 1.54) is 6.07 Å². The Morgan fingerprint density at radius 1 is 1.25 bits per heavy atom. The Balaban J connectivity index is 0.00000392. The Morgan fingerprint density at radius 3 is 2.57 bits per heavy atom. The number of ether oxygens (including phenoxy) is 2. The van der Waals surface area contributed by atoms with Crippen LogP contribution in [0.2, 0.25) is 0 Å². The summed E-state index contributed by atoms with van der Waals surface area (Å²) in [6.07, 6.45) is 0. The molecule has 1 fully saturated rings. The lowest BCUT2D eigenvalue weighted by Gasteiger charge is -2.41. The minimum Gasteiger partial charge on any atom is -0.491 e. The second kappa shape index (κ2) is 12.4. The maximum absolute atomic E-state index is 14.0. The molecule has 1 aromatic carbocycles. The van der Waals surface area contributed by atoms with Crippen LogP contribution in [0.4, 0.5) is 4.39 Å². The van der Waals surface area contributed by atoms with E-state index >= 15 is 0 Å². The molecule has 8 heteroatoms. The van der Waals surface area contributed by atoms with Crippen molar-refractivity contribution in [3.63, 3.8) is 0 Å². The van der Waals surface area contributed by atoms with E-state index in [4.69, 9.17) is 9.47 Å². The molecule has 0 bridgehead atoms. The maximum Gasteiger partial charge on any atom is 0.191 e. The molecule has 2 N–H and O–H groups in total. The van der Waals surface area contributed by atoms with Crippen LogP contribution >= 0.6 is 24.0 Å². The SMILES string of the molecule is CCNC(=NCc1ccc(OCC)c(F)c1)NCC(C)(C)N1CCOCC1.I. The fourth-order valence-corrected chi connectivity index (χ4v) is 3.01. The summed E-state index contributed by atoms with van der Waals surface area (Å²) in [5.41, 5.74) is 0.797. The number of hydrogen-bond acceptors (Lipinski definition) is 4. The minimum absolute atomic E-state index is 0. The number of halogens is 2. The molecule has 0 spiro atoms. The van der Waals surface area contributed by atoms with E-state index in [0.717, 1.165) is 50.9 Å². The van der Waals surface area contributed by atoms with Crippen LogP contribution in [0, 0.1) is 5.82 Å². The van der Waals surface area contributed by atoms with Crippen molar-refractivity contribution in [1.82, 2.24) is 15.5 Å². The van der Waals surface area contributed by atoms with E-state index in [0.29, 0.717) is 13.2 Å². The summed E-state index contributed by atoms with van der Waals surface area (Å²) in [6.45, 7) is 14.1. The topological polar surface area (TPSA) is 58.1 Å². The summed E-state index contributed by atoms with van der Waals surface area (Å²) >= 11 is 0. The van der Waals surface area contributed by atoms with Gasteiger partial charge in [0.15, 0.2) is 17.5 Å². The highest BCUT2D eigenvalue weighted by Crippen LogP contribution is 2.19. The van der Waals surface area contributed by atoms with Gasteiger partial charge in [-0.15, -0.1) is 24.0 Å². The van der Waals surface area contributed by atoms with Crippen molar-refractivity contribution < 1.29 is 13.9 Å². The predicted molar refractivity (Wildman–Crippen MR) is 122 cm³/mol. The average Bonchev–Trinajstić information content (AvgIpc) is 2.67. The molecule has 1 aliphatic heterocycles. The average molecular weight is 508 g/mol. The van der Waals surface area contributed by atoms with Crippen molar-refractivity contribution in [1.29, 1.82) is 0 Å². The molecule has 2 rings (SSSR count). The van der Waals surface area contributed by atoms with Gasteiger partial charge in [0.1, 0.15) is 0 Å². The Bertz CT molecular complexity index is 622. The van der Waals surface area contributed by atoms with Gasteiger partial charge < -0.3 is 20.1 Å². The third-order valence-electron chi connectivity index (χ3n) is 4.62. The minimum atomic E-state index is -0.351. The van der Waals surface area contributed by atoms with Crippen molar-refractivity contribution >= 4 is 29.9 Å². The Morgan fingerprint density at radius 2 is 1.96 bits per heavy atom. The van der Waals surface area contributed by atoms with Crippen molar-refractivity contribution in [2.45, 2.75) is 39.8 Å². The molecule has 0 aromatic heterocycles. The molecule has 0 saturated carbocycles. The molecular weight excluding hydrogens is 474 g/mol. The molecule has 1 saturated heterocycles. The predicted octanol–water partition coefficient (Wildman–Crippen LogP) is 3.01. The zero-order chi connectivity index (χ0) is 19.7. The first-order valence-corrected chi connectivity index (χ1v) is 9.72. The zero-order valence-corrected chi connectivity index (χ0v) is 19.7. The van der Waals surface area contributed by atoms with Crippen LogP contribution in [-0.2, 0) is 11.3 Å². The molecule has 6 nitrogen and oxygen atoms in total. The first-order chi connectivity index (χ1) is 13.0. The van der Waals surface area contributed by atoms with Gasteiger partial charge in [-0.3, -0.25) is 4.90 Å². The van der Waals surface area contributed by atoms with Crippen LogP contribution < -0.4 is 15.4 Å². The molecule has 160 valence electrons. The highest BCUT2D eigenvalue weighted by atomic mass is 127. The number of benzene rings is 1. The van der Waals surface area contributed by atoms with Crippen LogP contribution in [-0.4, -0.2) is 62.4 Å². The molecule has 1 aliphatic rings. The van der Waals surface area contributed by atoms with Gasteiger partial charge in [0.05, 0.1) is 26.4 Å². The number of rotatable bonds is 8. The van der Waals surface area contributed by atoms with Gasteiger partial charge >= 0.3 is 0 Å². The zero-order valence-electron chi connectivity index (χ0n) is 17.4. The molecule has 1 heterocycles. The largest absolute Gasteiger partial charge is 0.491 e. The summed E-state index contributed by atoms with van der Waals surface area (Å²) in [4.78, 5) is 7.02. The molecule has 0 radical (unpaired) electrons. The lowest BCUT2D eigenvalue weighted by atomic mass is 10.0. The second-order valence-electron chi connectivity index (χ2n) is 7.16. The van der Waals surface area contributed by atoms with E-state index in [1.54, 1.807) is 6.07 Å². The fourth-order valence-electron chi connectivity index (χ4n) is 3.01. The van der Waals surface area contributed by atoms with E-state index in [-0.39, 0.29) is 41.1 Å². The van der Waals surface area contributed by atoms with Gasteiger partial charge in [-0.25, -0.2) is 9.38 Å². The summed E-state index contributed by atoms with van der Waals surface area (Å²) < 4.78 is 24.7. The van der Waals surface area contributed by atoms with Crippen LogP contribution in [0.15, 0.2) is 23.2 Å². The molecule has 28 heavy (non-hydrogen) atoms. The molecule has 0 amide bonds. The molecule has 0 atom stereocenters. The van der Waals surface area contributed by atoms with Gasteiger partial charge in [-0.05, 0) is 45.4 Å². The first-order valence-electron chi connectivity index (χ1n) is 9.72. The first kappa shape index (κ1) is 24.9. The standard InChI is InChI=1S/C20H33FN4O2.HI/c1-5-22-19(24-15-20(3,4)25-9-11-26-12-10-25)23-14-16-7-8-18(27-6-2)17(21)13-16;/h7-8,13H,5-6,9-12,14-15H2,1-4H3,(H2,22,23,24);1H. The van der Waals surface area contributed by atoms with Gasteiger partial charge in [-0.1, -0.05) is 6.07 Å². The summed E-state index contributed by atoms with van der Waals surface area (Å²) in [5, 5.41) is 6.66. The highest BCUT2D eigenvalue weighted by Gasteiger charge is 2.28. The quantitative estimate of drug-likeness (QED) is 0.321. The number of hydrogen-bond donors (Lipinski definition) is 2. The van der Waals surface area contributed by atoms with Crippen LogP contribution in [0.25, 0.3) is 0 Å². The van der Waals surface area contributed by atoms with Gasteiger partial charge in [0.25, 0.3) is 0 Å². The third-order valence-corrected chi connectivity index (χ3v) is 4.62. The summed E-state index contributed by atoms with van der Waals surface area (Å²) in [6, 6.07) is 4.99. The van der Waals surface area contributed by atoms with E-state index < -0.39 is 0 Å². The van der Waals surface area contributed by atoms with Crippen molar-refractivity contribution in [2.75, 3.05) is 46.0 Å². The van der Waals surface area contributed by atoms with Crippen LogP contribution in [0.1, 0.15) is 33.3 Å². The van der Waals surface area contributed by atoms with Gasteiger partial charge in [0.2, 0.25) is 0 Å². The number of aliphatic imine (C=N–C) groups is 1. The number of guanidine groups is 1. The fraction of sp³-hybridized carbons (Fsp3) is 0.650. The van der Waals surface area contributed by atoms with E-state index in [1.807, 2.05) is 19.9 Å². The van der Waals surface area contributed by atoms with Crippen molar-refractivity contribution in [3.05, 3.63) is 29.6 Å². The maximum atomic E-state index is 14.0. The van der Waals surface area contributed by atoms with Gasteiger partial charge in [-0.2, -0.15) is 0 Å². The van der Waals surface area contributed by atoms with Crippen LogP contribution in [0.5, 0.6) is 5.75 Å². The normalized spacial score (nSPS) is 15.7.